The van der Waals surface area contributed by atoms with Crippen LogP contribution in [0.1, 0.15) is 32.6 Å². The first kappa shape index (κ1) is 14.0. The van der Waals surface area contributed by atoms with E-state index in [1.807, 2.05) is 6.92 Å². The zero-order valence-electron chi connectivity index (χ0n) is 10.2. The van der Waals surface area contributed by atoms with Gasteiger partial charge in [-0.1, -0.05) is 13.3 Å². The van der Waals surface area contributed by atoms with Gasteiger partial charge in [-0.15, -0.1) is 0 Å². The molecule has 1 rings (SSSR count). The summed E-state index contributed by atoms with van der Waals surface area (Å²) in [7, 11) is 0. The number of carboxylic acids is 1. The number of nitrogens with one attached hydrogen (secondary N) is 1. The average molecular weight is 243 g/mol. The van der Waals surface area contributed by atoms with Crippen molar-refractivity contribution in [3.8, 4) is 0 Å². The van der Waals surface area contributed by atoms with E-state index in [0.717, 1.165) is 6.42 Å². The summed E-state index contributed by atoms with van der Waals surface area (Å²) in [5.41, 5.74) is 0. The Morgan fingerprint density at radius 2 is 2.00 bits per heavy atom. The molecule has 0 aromatic rings. The number of aliphatic hydroxyl groups excluding tert-OH is 1. The van der Waals surface area contributed by atoms with Gasteiger partial charge >= 0.3 is 5.97 Å². The second-order valence-electron chi connectivity index (χ2n) is 4.84. The summed E-state index contributed by atoms with van der Waals surface area (Å²) in [4.78, 5) is 22.8. The van der Waals surface area contributed by atoms with Gasteiger partial charge in [-0.25, -0.2) is 0 Å². The molecule has 98 valence electrons. The summed E-state index contributed by atoms with van der Waals surface area (Å²) < 4.78 is 0. The van der Waals surface area contributed by atoms with Gasteiger partial charge in [-0.3, -0.25) is 9.59 Å². The van der Waals surface area contributed by atoms with Crippen molar-refractivity contribution in [2.45, 2.75) is 32.6 Å². The summed E-state index contributed by atoms with van der Waals surface area (Å²) in [6, 6.07) is 0. The lowest BCUT2D eigenvalue weighted by Crippen LogP contribution is -2.37. The van der Waals surface area contributed by atoms with E-state index >= 15 is 0 Å². The van der Waals surface area contributed by atoms with Crippen LogP contribution in [0.15, 0.2) is 0 Å². The summed E-state index contributed by atoms with van der Waals surface area (Å²) in [5.74, 6) is -1.71. The lowest BCUT2D eigenvalue weighted by molar-refractivity contribution is -0.146. The standard InChI is InChI=1S/C12H21NO4/c1-8(5-6-14)7-13-11(15)9-3-2-4-10(9)12(16)17/h8-10,14H,2-7H2,1H3,(H,13,15)(H,16,17)/t8?,9-,10+/m1/s1. The molecule has 1 fully saturated rings. The first-order valence-electron chi connectivity index (χ1n) is 6.17. The molecular weight excluding hydrogens is 222 g/mol. The largest absolute Gasteiger partial charge is 0.481 e. The van der Waals surface area contributed by atoms with Gasteiger partial charge in [0.15, 0.2) is 0 Å². The van der Waals surface area contributed by atoms with E-state index in [4.69, 9.17) is 10.2 Å². The second kappa shape index (κ2) is 6.59. The minimum Gasteiger partial charge on any atom is -0.481 e. The third kappa shape index (κ3) is 4.00. The third-order valence-corrected chi connectivity index (χ3v) is 3.42. The van der Waals surface area contributed by atoms with E-state index in [-0.39, 0.29) is 24.3 Å². The molecule has 5 heteroatoms. The number of carbonyl (C=O) groups is 2. The molecule has 0 aliphatic heterocycles. The molecule has 1 saturated carbocycles. The van der Waals surface area contributed by atoms with E-state index < -0.39 is 11.9 Å². The van der Waals surface area contributed by atoms with Gasteiger partial charge in [0.05, 0.1) is 11.8 Å². The molecule has 0 saturated heterocycles. The fourth-order valence-electron chi connectivity index (χ4n) is 2.30. The third-order valence-electron chi connectivity index (χ3n) is 3.42. The van der Waals surface area contributed by atoms with Gasteiger partial charge in [0, 0.05) is 13.2 Å². The minimum absolute atomic E-state index is 0.109. The van der Waals surface area contributed by atoms with Crippen LogP contribution in [0, 0.1) is 17.8 Å². The quantitative estimate of drug-likeness (QED) is 0.638. The molecule has 1 unspecified atom stereocenters. The average Bonchev–Trinajstić information content (AvgIpc) is 2.75. The molecule has 5 nitrogen and oxygen atoms in total. The minimum atomic E-state index is -0.869. The van der Waals surface area contributed by atoms with Gasteiger partial charge in [-0.05, 0) is 25.2 Å². The lowest BCUT2D eigenvalue weighted by atomic mass is 9.95. The molecule has 1 aliphatic rings. The van der Waals surface area contributed by atoms with Crippen molar-refractivity contribution in [1.29, 1.82) is 0 Å². The lowest BCUT2D eigenvalue weighted by Gasteiger charge is -2.17. The van der Waals surface area contributed by atoms with E-state index in [2.05, 4.69) is 5.32 Å². The first-order chi connectivity index (χ1) is 8.06. The molecule has 0 aromatic heterocycles. The van der Waals surface area contributed by atoms with Gasteiger partial charge in [-0.2, -0.15) is 0 Å². The molecule has 0 spiro atoms. The maximum atomic E-state index is 11.8. The number of carboxylic acid groups (broad SMARTS) is 1. The normalized spacial score (nSPS) is 25.5. The Balaban J connectivity index is 2.39. The number of carbonyl (C=O) groups excluding carboxylic acids is 1. The number of rotatable bonds is 6. The monoisotopic (exact) mass is 243 g/mol. The number of aliphatic hydroxyl groups is 1. The maximum Gasteiger partial charge on any atom is 0.307 e. The summed E-state index contributed by atoms with van der Waals surface area (Å²) >= 11 is 0. The van der Waals surface area contributed by atoms with Crippen LogP contribution >= 0.6 is 0 Å². The van der Waals surface area contributed by atoms with Gasteiger partial charge in [0.2, 0.25) is 5.91 Å². The van der Waals surface area contributed by atoms with Gasteiger partial charge in [0.1, 0.15) is 0 Å². The first-order valence-corrected chi connectivity index (χ1v) is 6.17. The van der Waals surface area contributed by atoms with Crippen molar-refractivity contribution in [2.75, 3.05) is 13.2 Å². The van der Waals surface area contributed by atoms with Crippen LogP contribution in [0.3, 0.4) is 0 Å². The van der Waals surface area contributed by atoms with Gasteiger partial charge < -0.3 is 15.5 Å². The molecule has 17 heavy (non-hydrogen) atoms. The van der Waals surface area contributed by atoms with Crippen molar-refractivity contribution in [1.82, 2.24) is 5.32 Å². The van der Waals surface area contributed by atoms with Crippen LogP contribution in [0.5, 0.6) is 0 Å². The SMILES string of the molecule is CC(CCO)CNC(=O)[C@@H]1CCC[C@@H]1C(=O)O. The Morgan fingerprint density at radius 1 is 1.35 bits per heavy atom. The fraction of sp³-hybridized carbons (Fsp3) is 0.833. The van der Waals surface area contributed by atoms with E-state index in [1.165, 1.54) is 0 Å². The summed E-state index contributed by atoms with van der Waals surface area (Å²) in [6.45, 7) is 2.56. The smallest absolute Gasteiger partial charge is 0.307 e. The highest BCUT2D eigenvalue weighted by Crippen LogP contribution is 2.32. The van der Waals surface area contributed by atoms with Crippen LogP contribution < -0.4 is 5.32 Å². The van der Waals surface area contributed by atoms with Crippen molar-refractivity contribution >= 4 is 11.9 Å². The van der Waals surface area contributed by atoms with Crippen LogP contribution in [0.4, 0.5) is 0 Å². The predicted molar refractivity (Wildman–Crippen MR) is 62.3 cm³/mol. The van der Waals surface area contributed by atoms with E-state index in [1.54, 1.807) is 0 Å². The maximum absolute atomic E-state index is 11.8. The molecular formula is C12H21NO4. The van der Waals surface area contributed by atoms with Crippen LogP contribution in [-0.4, -0.2) is 35.2 Å². The van der Waals surface area contributed by atoms with Crippen LogP contribution in [0.25, 0.3) is 0 Å². The summed E-state index contributed by atoms with van der Waals surface area (Å²) in [6.07, 6.45) is 2.71. The Hall–Kier alpha value is -1.10. The van der Waals surface area contributed by atoms with E-state index in [9.17, 15) is 9.59 Å². The summed E-state index contributed by atoms with van der Waals surface area (Å²) in [5, 5.41) is 20.5. The predicted octanol–water partition coefficient (Wildman–Crippen LogP) is 0.622. The van der Waals surface area contributed by atoms with Crippen molar-refractivity contribution in [2.24, 2.45) is 17.8 Å². The van der Waals surface area contributed by atoms with E-state index in [0.29, 0.717) is 25.8 Å². The molecule has 0 bridgehead atoms. The number of amides is 1. The molecule has 1 aliphatic carbocycles. The Morgan fingerprint density at radius 3 is 2.59 bits per heavy atom. The molecule has 0 heterocycles. The van der Waals surface area contributed by atoms with Gasteiger partial charge in [0.25, 0.3) is 0 Å². The Bertz CT molecular complexity index is 280. The zero-order chi connectivity index (χ0) is 12.8. The Kier molecular flexibility index (Phi) is 5.41. The Labute approximate surface area is 101 Å². The van der Waals surface area contributed by atoms with Crippen LogP contribution in [-0.2, 0) is 9.59 Å². The molecule has 3 N–H and O–H groups in total. The fourth-order valence-corrected chi connectivity index (χ4v) is 2.30. The van der Waals surface area contributed by atoms with Crippen molar-refractivity contribution in [3.05, 3.63) is 0 Å². The van der Waals surface area contributed by atoms with Crippen molar-refractivity contribution < 1.29 is 19.8 Å². The highest BCUT2D eigenvalue weighted by atomic mass is 16.4. The highest BCUT2D eigenvalue weighted by Gasteiger charge is 2.37. The topological polar surface area (TPSA) is 86.6 Å². The molecule has 0 radical (unpaired) electrons. The second-order valence-corrected chi connectivity index (χ2v) is 4.84. The van der Waals surface area contributed by atoms with Crippen LogP contribution in [0.2, 0.25) is 0 Å². The highest BCUT2D eigenvalue weighted by molar-refractivity contribution is 5.85. The molecule has 3 atom stereocenters. The number of aliphatic carboxylic acids is 1. The zero-order valence-corrected chi connectivity index (χ0v) is 10.2. The number of hydrogen-bond donors (Lipinski definition) is 3. The number of hydrogen-bond acceptors (Lipinski definition) is 3. The molecule has 1 amide bonds. The van der Waals surface area contributed by atoms with Crippen molar-refractivity contribution in [3.63, 3.8) is 0 Å². The molecule has 0 aromatic carbocycles.